The highest BCUT2D eigenvalue weighted by Gasteiger charge is 2.21. The van der Waals surface area contributed by atoms with Crippen LogP contribution in [-0.2, 0) is 9.59 Å². The molecule has 41 heavy (non-hydrogen) atoms. The summed E-state index contributed by atoms with van der Waals surface area (Å²) >= 11 is 0. The summed E-state index contributed by atoms with van der Waals surface area (Å²) in [7, 11) is -1.33. The van der Waals surface area contributed by atoms with Gasteiger partial charge in [0.25, 0.3) is 23.4 Å². The number of carbonyl (C=O) groups excluding carboxylic acids is 3. The maximum Gasteiger partial charge on any atom is 0.300 e. The second-order valence-electron chi connectivity index (χ2n) is 9.52. The number of nitrogen functional groups attached to an aromatic ring is 1. The lowest BCUT2D eigenvalue weighted by molar-refractivity contribution is -0.134. The Morgan fingerprint density at radius 2 is 1.37 bits per heavy atom. The molecule has 0 saturated heterocycles. The summed E-state index contributed by atoms with van der Waals surface area (Å²) in [4.78, 5) is 44.9. The molecule has 0 saturated carbocycles. The Bertz CT molecular complexity index is 1490. The smallest absolute Gasteiger partial charge is 0.300 e. The summed E-state index contributed by atoms with van der Waals surface area (Å²) < 4.78 is 56.6. The summed E-state index contributed by atoms with van der Waals surface area (Å²) in [5, 5.41) is 22.2. The molecule has 224 valence electrons. The second-order valence-corrected chi connectivity index (χ2v) is 14.2. The van der Waals surface area contributed by atoms with Gasteiger partial charge in [0, 0.05) is 71.1 Å². The van der Waals surface area contributed by atoms with E-state index in [1.807, 2.05) is 25.0 Å². The van der Waals surface area contributed by atoms with Crippen LogP contribution in [0.5, 0.6) is 0 Å². The van der Waals surface area contributed by atoms with Crippen molar-refractivity contribution in [1.82, 2.24) is 10.6 Å². The molecule has 0 aliphatic rings. The van der Waals surface area contributed by atoms with E-state index in [2.05, 4.69) is 15.9 Å². The molecular formula is C29H44N6O5Si. The Morgan fingerprint density at radius 3 is 1.68 bits per heavy atom. The van der Waals surface area contributed by atoms with Crippen LogP contribution in [0, 0.1) is 17.5 Å². The first-order valence-electron chi connectivity index (χ1n) is 15.7. The molecular weight excluding hydrogens is 540 g/mol. The molecule has 0 radical (unpaired) electrons. The summed E-state index contributed by atoms with van der Waals surface area (Å²) in [6.07, 6.45) is 0. The molecule has 0 atom stereocenters. The quantitative estimate of drug-likeness (QED) is 0.190. The molecule has 0 aliphatic carbocycles. The number of hydrogen-bond acceptors (Lipinski definition) is 7. The van der Waals surface area contributed by atoms with Crippen LogP contribution in [0.2, 0.25) is 19.6 Å². The number of nitrogens with two attached hydrogens (primary N) is 1. The first-order chi connectivity index (χ1) is 21.9. The Morgan fingerprint density at radius 1 is 0.976 bits per heavy atom. The molecule has 2 rings (SSSR count). The van der Waals surface area contributed by atoms with Gasteiger partial charge in [-0.25, -0.2) is 11.8 Å². The molecule has 11 nitrogen and oxygen atoms in total. The zero-order valence-corrected chi connectivity index (χ0v) is 25.5. The number of carbonyl (C=O) groups is 4. The van der Waals surface area contributed by atoms with Gasteiger partial charge in [-0.1, -0.05) is 19.6 Å². The van der Waals surface area contributed by atoms with E-state index in [1.165, 1.54) is 50.2 Å². The van der Waals surface area contributed by atoms with Gasteiger partial charge in [0.15, 0.2) is 8.07 Å². The van der Waals surface area contributed by atoms with Gasteiger partial charge >= 0.3 is 0 Å². The molecule has 0 fully saturated rings. The second kappa shape index (κ2) is 21.2. The first kappa shape index (κ1) is 26.5. The van der Waals surface area contributed by atoms with E-state index in [1.54, 1.807) is 19.2 Å². The molecule has 0 aliphatic heterocycles. The van der Waals surface area contributed by atoms with Gasteiger partial charge in [-0.05, 0) is 62.3 Å². The fraction of sp³-hybridized carbons (Fsp3) is 0.379. The Kier molecular flexibility index (Phi) is 13.7. The average Bonchev–Trinajstić information content (AvgIpc) is 2.86. The van der Waals surface area contributed by atoms with Gasteiger partial charge < -0.3 is 31.6 Å². The number of ketones is 1. The Hall–Kier alpha value is -4.68. The predicted octanol–water partition coefficient (Wildman–Crippen LogP) is 4.82. The number of nitriles is 1. The van der Waals surface area contributed by atoms with Crippen molar-refractivity contribution in [1.29, 1.82) is 5.26 Å². The fourth-order valence-electron chi connectivity index (χ4n) is 1.74. The van der Waals surface area contributed by atoms with Crippen molar-refractivity contribution in [2.75, 3.05) is 25.0 Å². The largest absolute Gasteiger partial charge is 0.481 e. The molecule has 0 unspecified atom stereocenters. The molecule has 6 N–H and O–H groups in total. The van der Waals surface area contributed by atoms with Crippen LogP contribution < -0.4 is 21.7 Å². The Balaban J connectivity index is -0.000000635. The van der Waals surface area contributed by atoms with Crippen LogP contribution in [0.1, 0.15) is 66.3 Å². The molecule has 2 amide bonds. The van der Waals surface area contributed by atoms with Crippen molar-refractivity contribution >= 4 is 43.0 Å². The summed E-state index contributed by atoms with van der Waals surface area (Å²) in [6.45, 7) is 15.4. The number of benzene rings is 2. The van der Waals surface area contributed by atoms with Gasteiger partial charge in [-0.2, -0.15) is 0 Å². The highest BCUT2D eigenvalue weighted by Crippen LogP contribution is 2.16. The molecule has 0 spiro atoms. The fourth-order valence-corrected chi connectivity index (χ4v) is 1.74. The number of hydrogen-bond donors (Lipinski definition) is 5. The minimum Gasteiger partial charge on any atom is -0.481 e. The lowest BCUT2D eigenvalue weighted by Gasteiger charge is -2.14. The third-order valence-electron chi connectivity index (χ3n) is 3.43. The number of nitrogens with one attached hydrogen (secondary N) is 3. The molecule has 0 bridgehead atoms. The van der Waals surface area contributed by atoms with Gasteiger partial charge in [0.2, 0.25) is 0 Å². The van der Waals surface area contributed by atoms with Crippen LogP contribution in [0.3, 0.4) is 0 Å². The number of amides is 2. The lowest BCUT2D eigenvalue weighted by atomic mass is 10.1. The number of carboxylic acids is 1. The van der Waals surface area contributed by atoms with E-state index in [4.69, 9.17) is 38.4 Å². The molecule has 0 heterocycles. The minimum atomic E-state index is -2.59. The standard InChI is InChI=1S/C12H15N3O.C8H10N2O.C4H9NSi.C3H6O.C2H4O2/c1-12(2,14-4)15-10-7-5-9(6-8-10)11(16)13-3;1-10-8(11)6-2-4-7(9)5-3-6;1-6(2,3)4-5;1-3(2)4;1-2(3)4/h5-8,15H,1-3H3,(H,13,16);2-5H,9H2,1H3,(H,10,11);1-3H3;1-2H3;1H3,(H,3,4)/i3D3,5D;1D3,2D;;;. The number of anilines is 2. The van der Waals surface area contributed by atoms with Gasteiger partial charge in [0.1, 0.15) is 5.78 Å². The van der Waals surface area contributed by atoms with Crippen molar-refractivity contribution in [2.45, 2.75) is 59.9 Å². The maximum absolute atomic E-state index is 11.7. The Labute approximate surface area is 256 Å². The van der Waals surface area contributed by atoms with Crippen molar-refractivity contribution < 1.29 is 35.3 Å². The van der Waals surface area contributed by atoms with E-state index in [9.17, 15) is 14.4 Å². The summed E-state index contributed by atoms with van der Waals surface area (Å²) in [6, 6.07) is 8.08. The third kappa shape index (κ3) is 26.7. The number of aliphatic carboxylic acids is 1. The number of carboxylic acid groups (broad SMARTS) is 1. The van der Waals surface area contributed by atoms with Crippen LogP contribution in [0.15, 0.2) is 48.5 Å². The number of rotatable bonds is 4. The van der Waals surface area contributed by atoms with E-state index in [0.29, 0.717) is 11.4 Å². The SMILES string of the molecule is CC(=O)O.CC(C)=O.C[Si](C)(C)C#N.[2H]c1cc(N)ccc1C(=O)NC([2H])([2H])[2H].[2H]c1cc(NC(C)(C)[N+]#[C-])ccc1C(=O)NC([2H])([2H])[2H]. The lowest BCUT2D eigenvalue weighted by Crippen LogP contribution is -2.26. The van der Waals surface area contributed by atoms with E-state index in [-0.39, 0.29) is 29.0 Å². The van der Waals surface area contributed by atoms with Crippen LogP contribution >= 0.6 is 0 Å². The van der Waals surface area contributed by atoms with Gasteiger partial charge in [-0.3, -0.25) is 19.2 Å². The summed E-state index contributed by atoms with van der Waals surface area (Å²) in [5.41, 5.74) is 7.63. The van der Waals surface area contributed by atoms with Crippen molar-refractivity contribution in [3.05, 3.63) is 71.0 Å². The van der Waals surface area contributed by atoms with E-state index in [0.717, 1.165) is 6.92 Å². The molecule has 12 heteroatoms. The van der Waals surface area contributed by atoms with Gasteiger partial charge in [0.05, 0.1) is 2.74 Å². The zero-order chi connectivity index (χ0) is 39.6. The molecule has 0 aromatic heterocycles. The topological polar surface area (TPSA) is 179 Å². The predicted molar refractivity (Wildman–Crippen MR) is 167 cm³/mol. The third-order valence-corrected chi connectivity index (χ3v) is 4.10. The van der Waals surface area contributed by atoms with Crippen LogP contribution in [-0.4, -0.2) is 56.4 Å². The average molecular weight is 593 g/mol. The summed E-state index contributed by atoms with van der Waals surface area (Å²) in [5.74, 6) is -2.30. The van der Waals surface area contributed by atoms with E-state index >= 15 is 0 Å². The zero-order valence-electron chi connectivity index (χ0n) is 32.5. The highest BCUT2D eigenvalue weighted by molar-refractivity contribution is 6.83. The maximum atomic E-state index is 11.7. The number of Topliss-reactive ketones (excluding diaryl/α,β-unsaturated/α-hetero) is 1. The monoisotopic (exact) mass is 592 g/mol. The van der Waals surface area contributed by atoms with Gasteiger partial charge in [-0.15, -0.1) is 0 Å². The number of nitrogens with zero attached hydrogens (tertiary/aromatic N) is 2. The normalized spacial score (nSPS) is 12.7. The minimum absolute atomic E-state index is 0.0136. The van der Waals surface area contributed by atoms with Crippen molar-refractivity contribution in [3.63, 3.8) is 0 Å². The highest BCUT2D eigenvalue weighted by atomic mass is 28.3. The van der Waals surface area contributed by atoms with Crippen molar-refractivity contribution in [2.24, 2.45) is 0 Å². The van der Waals surface area contributed by atoms with Crippen LogP contribution in [0.25, 0.3) is 4.85 Å². The molecule has 2 aromatic carbocycles. The first-order valence-corrected chi connectivity index (χ1v) is 15.2. The molecule has 2 aromatic rings. The van der Waals surface area contributed by atoms with E-state index < -0.39 is 45.5 Å². The van der Waals surface area contributed by atoms with Crippen molar-refractivity contribution in [3.8, 4) is 5.69 Å². The van der Waals surface area contributed by atoms with Crippen LogP contribution in [0.4, 0.5) is 11.4 Å².